The quantitative estimate of drug-likeness (QED) is 0.341. The van der Waals surface area contributed by atoms with Gasteiger partial charge in [0.15, 0.2) is 0 Å². The van der Waals surface area contributed by atoms with Gasteiger partial charge in [0.05, 0.1) is 18.8 Å². The minimum absolute atomic E-state index is 0.126. The summed E-state index contributed by atoms with van der Waals surface area (Å²) in [4.78, 5) is 21.3. The molecule has 2 aliphatic rings. The Labute approximate surface area is 98.7 Å². The van der Waals surface area contributed by atoms with Crippen molar-refractivity contribution in [3.8, 4) is 0 Å². The molecule has 1 heterocycles. The van der Waals surface area contributed by atoms with Crippen LogP contribution >= 0.6 is 0 Å². The van der Waals surface area contributed by atoms with Gasteiger partial charge in [0.1, 0.15) is 0 Å². The van der Waals surface area contributed by atoms with E-state index in [9.17, 15) is 9.59 Å². The largest absolute Gasteiger partial charge is 0.478 e. The van der Waals surface area contributed by atoms with E-state index in [4.69, 9.17) is 14.6 Å². The Kier molecular flexibility index (Phi) is 3.28. The van der Waals surface area contributed by atoms with E-state index in [1.54, 1.807) is 0 Å². The van der Waals surface area contributed by atoms with E-state index in [-0.39, 0.29) is 12.5 Å². The third-order valence-electron chi connectivity index (χ3n) is 3.03. The first-order valence-corrected chi connectivity index (χ1v) is 5.47. The number of hydrogen-bond acceptors (Lipinski definition) is 4. The van der Waals surface area contributed by atoms with E-state index in [1.807, 2.05) is 0 Å². The van der Waals surface area contributed by atoms with Crippen molar-refractivity contribution in [1.82, 2.24) is 0 Å². The van der Waals surface area contributed by atoms with Crippen molar-refractivity contribution in [2.24, 2.45) is 5.92 Å². The molecule has 0 aromatic carbocycles. The fraction of sp³-hybridized carbons (Fsp3) is 0.500. The molecule has 0 amide bonds. The van der Waals surface area contributed by atoms with Crippen LogP contribution in [0, 0.1) is 5.92 Å². The zero-order valence-electron chi connectivity index (χ0n) is 9.30. The SMILES string of the molecule is C=C1CC2OC2CC1COC(=O)C=CC(=O)O. The van der Waals surface area contributed by atoms with Crippen LogP contribution in [0.15, 0.2) is 24.3 Å². The van der Waals surface area contributed by atoms with Gasteiger partial charge in [-0.15, -0.1) is 0 Å². The number of fused-ring (bicyclic) bond motifs is 1. The number of carbonyl (C=O) groups excluding carboxylic acids is 1. The molecule has 1 saturated heterocycles. The highest BCUT2D eigenvalue weighted by atomic mass is 16.6. The first-order chi connectivity index (χ1) is 8.06. The van der Waals surface area contributed by atoms with E-state index in [2.05, 4.69) is 6.58 Å². The van der Waals surface area contributed by atoms with Gasteiger partial charge in [-0.25, -0.2) is 9.59 Å². The van der Waals surface area contributed by atoms with Crippen molar-refractivity contribution in [2.75, 3.05) is 6.61 Å². The van der Waals surface area contributed by atoms with Gasteiger partial charge in [0.2, 0.25) is 0 Å². The van der Waals surface area contributed by atoms with Crippen molar-refractivity contribution in [3.05, 3.63) is 24.3 Å². The molecular formula is C12H14O5. The Balaban J connectivity index is 1.75. The Bertz CT molecular complexity index is 384. The molecule has 5 heteroatoms. The highest BCUT2D eigenvalue weighted by Crippen LogP contribution is 2.41. The molecule has 0 aromatic heterocycles. The predicted octanol–water partition coefficient (Wildman–Crippen LogP) is 0.904. The average molecular weight is 238 g/mol. The van der Waals surface area contributed by atoms with Crippen LogP contribution in [0.2, 0.25) is 0 Å². The van der Waals surface area contributed by atoms with Crippen LogP contribution in [0.4, 0.5) is 0 Å². The molecule has 3 unspecified atom stereocenters. The van der Waals surface area contributed by atoms with Crippen molar-refractivity contribution >= 4 is 11.9 Å². The van der Waals surface area contributed by atoms with Crippen molar-refractivity contribution in [1.29, 1.82) is 0 Å². The number of epoxide rings is 1. The topological polar surface area (TPSA) is 76.1 Å². The number of esters is 1. The van der Waals surface area contributed by atoms with Crippen molar-refractivity contribution in [3.63, 3.8) is 0 Å². The van der Waals surface area contributed by atoms with E-state index in [1.165, 1.54) is 0 Å². The third kappa shape index (κ3) is 3.17. The molecule has 3 atom stereocenters. The lowest BCUT2D eigenvalue weighted by Gasteiger charge is -2.20. The maximum atomic E-state index is 11.2. The van der Waals surface area contributed by atoms with Gasteiger partial charge < -0.3 is 14.6 Å². The van der Waals surface area contributed by atoms with Crippen LogP contribution in [0.25, 0.3) is 0 Å². The Hall–Kier alpha value is -1.62. The molecule has 0 aromatic rings. The molecule has 0 bridgehead atoms. The highest BCUT2D eigenvalue weighted by Gasteiger charge is 2.45. The fourth-order valence-corrected chi connectivity index (χ4v) is 1.99. The van der Waals surface area contributed by atoms with Crippen LogP contribution in [-0.2, 0) is 19.1 Å². The lowest BCUT2D eigenvalue weighted by Crippen LogP contribution is -2.22. The smallest absolute Gasteiger partial charge is 0.331 e. The number of ether oxygens (including phenoxy) is 2. The van der Waals surface area contributed by atoms with E-state index < -0.39 is 11.9 Å². The molecule has 2 rings (SSSR count). The number of aliphatic carboxylic acids is 1. The van der Waals surface area contributed by atoms with Crippen LogP contribution in [0.3, 0.4) is 0 Å². The molecule has 17 heavy (non-hydrogen) atoms. The van der Waals surface area contributed by atoms with Gasteiger partial charge in [0, 0.05) is 18.1 Å². The second-order valence-corrected chi connectivity index (χ2v) is 4.31. The summed E-state index contributed by atoms with van der Waals surface area (Å²) in [6.07, 6.45) is 3.94. The van der Waals surface area contributed by atoms with Gasteiger partial charge in [-0.2, -0.15) is 0 Å². The predicted molar refractivity (Wildman–Crippen MR) is 58.3 cm³/mol. The maximum absolute atomic E-state index is 11.2. The second kappa shape index (κ2) is 4.71. The minimum Gasteiger partial charge on any atom is -0.478 e. The fourth-order valence-electron chi connectivity index (χ4n) is 1.99. The van der Waals surface area contributed by atoms with Crippen LogP contribution in [0.5, 0.6) is 0 Å². The monoisotopic (exact) mass is 238 g/mol. The summed E-state index contributed by atoms with van der Waals surface area (Å²) in [7, 11) is 0. The van der Waals surface area contributed by atoms with Crippen LogP contribution in [-0.4, -0.2) is 35.9 Å². The summed E-state index contributed by atoms with van der Waals surface area (Å²) in [5.41, 5.74) is 1.04. The van der Waals surface area contributed by atoms with Gasteiger partial charge in [-0.1, -0.05) is 12.2 Å². The second-order valence-electron chi connectivity index (χ2n) is 4.31. The summed E-state index contributed by atoms with van der Waals surface area (Å²) in [6.45, 7) is 4.19. The zero-order chi connectivity index (χ0) is 12.4. The third-order valence-corrected chi connectivity index (χ3v) is 3.03. The molecule has 0 radical (unpaired) electrons. The zero-order valence-corrected chi connectivity index (χ0v) is 9.30. The van der Waals surface area contributed by atoms with E-state index >= 15 is 0 Å². The molecule has 92 valence electrons. The lowest BCUT2D eigenvalue weighted by molar-refractivity contribution is -0.139. The average Bonchev–Trinajstić information content (AvgIpc) is 3.00. The molecule has 0 spiro atoms. The van der Waals surface area contributed by atoms with Gasteiger partial charge in [-0.3, -0.25) is 0 Å². The molecule has 1 aliphatic carbocycles. The van der Waals surface area contributed by atoms with Crippen LogP contribution in [0.1, 0.15) is 12.8 Å². The van der Waals surface area contributed by atoms with E-state index in [0.717, 1.165) is 30.6 Å². The Morgan fingerprint density at radius 3 is 2.94 bits per heavy atom. The summed E-state index contributed by atoms with van der Waals surface area (Å²) in [5.74, 6) is -1.68. The van der Waals surface area contributed by atoms with Gasteiger partial charge in [-0.05, 0) is 12.8 Å². The standard InChI is InChI=1S/C12H14O5/c1-7-4-9-10(17-9)5-8(7)6-16-12(15)3-2-11(13)14/h2-3,8-10H,1,4-6H2,(H,13,14). The highest BCUT2D eigenvalue weighted by molar-refractivity contribution is 5.90. The number of rotatable bonds is 4. The van der Waals surface area contributed by atoms with Crippen molar-refractivity contribution < 1.29 is 24.2 Å². The number of carbonyl (C=O) groups is 2. The van der Waals surface area contributed by atoms with Gasteiger partial charge >= 0.3 is 11.9 Å². The van der Waals surface area contributed by atoms with E-state index in [0.29, 0.717) is 12.2 Å². The Morgan fingerprint density at radius 1 is 1.47 bits per heavy atom. The first kappa shape index (κ1) is 11.9. The summed E-state index contributed by atoms with van der Waals surface area (Å²) >= 11 is 0. The van der Waals surface area contributed by atoms with Crippen molar-refractivity contribution in [2.45, 2.75) is 25.0 Å². The maximum Gasteiger partial charge on any atom is 0.331 e. The number of carboxylic acids is 1. The summed E-state index contributed by atoms with van der Waals surface area (Å²) in [5, 5.41) is 8.34. The first-order valence-electron chi connectivity index (χ1n) is 5.47. The normalized spacial score (nSPS) is 31.1. The molecular weight excluding hydrogens is 224 g/mol. The molecule has 2 fully saturated rings. The molecule has 1 aliphatic heterocycles. The Morgan fingerprint density at radius 2 is 2.24 bits per heavy atom. The molecule has 1 N–H and O–H groups in total. The van der Waals surface area contributed by atoms with Gasteiger partial charge in [0.25, 0.3) is 0 Å². The minimum atomic E-state index is -1.17. The summed E-state index contributed by atoms with van der Waals surface area (Å²) < 4.78 is 10.3. The lowest BCUT2D eigenvalue weighted by atomic mass is 9.86. The summed E-state index contributed by atoms with van der Waals surface area (Å²) in [6, 6.07) is 0. The van der Waals surface area contributed by atoms with Crippen LogP contribution < -0.4 is 0 Å². The molecule has 1 saturated carbocycles. The number of carboxylic acid groups (broad SMARTS) is 1. The number of hydrogen-bond donors (Lipinski definition) is 1. The molecule has 5 nitrogen and oxygen atoms in total.